The third kappa shape index (κ3) is 7.83. The summed E-state index contributed by atoms with van der Waals surface area (Å²) >= 11 is 1.31. The van der Waals surface area contributed by atoms with E-state index in [1.165, 1.54) is 23.9 Å². The molecule has 2 aromatic rings. The van der Waals surface area contributed by atoms with Crippen LogP contribution < -0.4 is 4.74 Å². The number of halogens is 1. The number of carboxylic acid groups (broad SMARTS) is 2. The van der Waals surface area contributed by atoms with Crippen LogP contribution in [0.1, 0.15) is 42.1 Å². The third-order valence-electron chi connectivity index (χ3n) is 7.11. The van der Waals surface area contributed by atoms with Crippen LogP contribution in [-0.4, -0.2) is 76.4 Å². The maximum absolute atomic E-state index is 13.0. The summed E-state index contributed by atoms with van der Waals surface area (Å²) in [7, 11) is 1.99. The first-order valence-corrected chi connectivity index (χ1v) is 14.0. The molecule has 0 bridgehead atoms. The number of nitrogens with zero attached hydrogens (tertiary/aromatic N) is 3. The van der Waals surface area contributed by atoms with Gasteiger partial charge in [0.1, 0.15) is 11.6 Å². The first-order chi connectivity index (χ1) is 18.8. The number of rotatable bonds is 10. The van der Waals surface area contributed by atoms with Crippen molar-refractivity contribution in [2.24, 2.45) is 4.99 Å². The van der Waals surface area contributed by atoms with Gasteiger partial charge in [-0.1, -0.05) is 36.0 Å². The molecule has 1 saturated heterocycles. The molecule has 10 heteroatoms. The molecule has 208 valence electrons. The Hall–Kier alpha value is -3.37. The lowest BCUT2D eigenvalue weighted by Crippen LogP contribution is -2.45. The number of carboxylic acids is 2. The van der Waals surface area contributed by atoms with Crippen molar-refractivity contribution in [1.82, 2.24) is 9.80 Å². The zero-order chi connectivity index (χ0) is 27.8. The van der Waals surface area contributed by atoms with E-state index in [0.29, 0.717) is 18.9 Å². The van der Waals surface area contributed by atoms with Crippen molar-refractivity contribution in [1.29, 1.82) is 0 Å². The molecule has 2 aliphatic rings. The summed E-state index contributed by atoms with van der Waals surface area (Å²) in [5.74, 6) is -2.12. The third-order valence-corrected chi connectivity index (χ3v) is 8.48. The van der Waals surface area contributed by atoms with Gasteiger partial charge in [-0.3, -0.25) is 4.99 Å². The van der Waals surface area contributed by atoms with E-state index in [4.69, 9.17) is 9.73 Å². The second kappa shape index (κ2) is 13.6. The summed E-state index contributed by atoms with van der Waals surface area (Å²) in [6, 6.07) is 13.8. The predicted molar refractivity (Wildman–Crippen MR) is 150 cm³/mol. The monoisotopic (exact) mass is 555 g/mol. The lowest BCUT2D eigenvalue weighted by Gasteiger charge is -2.38. The van der Waals surface area contributed by atoms with Gasteiger partial charge in [0.05, 0.1) is 24.0 Å². The maximum Gasteiger partial charge on any atom is 0.333 e. The molecule has 1 atom stereocenters. The molecule has 1 fully saturated rings. The normalized spacial score (nSPS) is 18.6. The number of likely N-dealkylation sites (tertiary alicyclic amines) is 1. The second-order valence-corrected chi connectivity index (χ2v) is 10.8. The number of hydrogen-bond acceptors (Lipinski definition) is 7. The highest BCUT2D eigenvalue weighted by atomic mass is 32.2. The van der Waals surface area contributed by atoms with E-state index in [2.05, 4.69) is 9.80 Å². The van der Waals surface area contributed by atoms with E-state index in [1.807, 2.05) is 31.3 Å². The van der Waals surface area contributed by atoms with E-state index in [0.717, 1.165) is 67.7 Å². The number of amidine groups is 1. The number of unbranched alkanes of at least 4 members (excludes halogenated alkanes) is 1. The molecule has 0 aliphatic carbocycles. The molecule has 4 rings (SSSR count). The summed E-state index contributed by atoms with van der Waals surface area (Å²) < 4.78 is 18.7. The summed E-state index contributed by atoms with van der Waals surface area (Å²) in [4.78, 5) is 32.9. The van der Waals surface area contributed by atoms with Crippen LogP contribution in [0.15, 0.2) is 65.2 Å². The van der Waals surface area contributed by atoms with Crippen LogP contribution in [0.4, 0.5) is 4.39 Å². The van der Waals surface area contributed by atoms with E-state index in [-0.39, 0.29) is 17.4 Å². The molecule has 2 N–H and O–H groups in total. The van der Waals surface area contributed by atoms with Gasteiger partial charge in [-0.05, 0) is 67.6 Å². The minimum atomic E-state index is -1.28. The highest BCUT2D eigenvalue weighted by molar-refractivity contribution is 8.14. The van der Waals surface area contributed by atoms with Gasteiger partial charge in [-0.25, -0.2) is 14.0 Å². The summed E-state index contributed by atoms with van der Waals surface area (Å²) in [6.45, 7) is 3.90. The highest BCUT2D eigenvalue weighted by Gasteiger charge is 2.33. The number of ether oxygens (including phenoxy) is 1. The Bertz CT molecular complexity index is 1210. The van der Waals surface area contributed by atoms with Crippen LogP contribution in [0.3, 0.4) is 0 Å². The molecule has 0 spiro atoms. The number of hydrogen-bond donors (Lipinski definition) is 2. The molecule has 0 amide bonds. The molecule has 0 aromatic heterocycles. The lowest BCUT2D eigenvalue weighted by molar-refractivity contribution is -0.135. The van der Waals surface area contributed by atoms with Crippen molar-refractivity contribution in [2.45, 2.75) is 43.5 Å². The molecule has 1 unspecified atom stereocenters. The Morgan fingerprint density at radius 2 is 1.85 bits per heavy atom. The summed E-state index contributed by atoms with van der Waals surface area (Å²) in [5.41, 5.74) is 1.51. The van der Waals surface area contributed by atoms with Gasteiger partial charge in [0.25, 0.3) is 0 Å². The molecule has 2 heterocycles. The molecule has 8 nitrogen and oxygen atoms in total. The highest BCUT2D eigenvalue weighted by Crippen LogP contribution is 2.42. The first-order valence-electron chi connectivity index (χ1n) is 13.1. The Morgan fingerprint density at radius 1 is 1.13 bits per heavy atom. The number of benzene rings is 2. The van der Waals surface area contributed by atoms with Crippen LogP contribution >= 0.6 is 11.8 Å². The number of piperidine rings is 1. The average molecular weight is 556 g/mol. The molecule has 39 heavy (non-hydrogen) atoms. The van der Waals surface area contributed by atoms with Gasteiger partial charge >= 0.3 is 11.9 Å². The van der Waals surface area contributed by atoms with Gasteiger partial charge < -0.3 is 24.7 Å². The minimum Gasteiger partial charge on any atom is -0.494 e. The van der Waals surface area contributed by atoms with E-state index in [1.54, 1.807) is 12.1 Å². The summed E-state index contributed by atoms with van der Waals surface area (Å²) in [5, 5.41) is 19.2. The van der Waals surface area contributed by atoms with Crippen LogP contribution in [0.25, 0.3) is 0 Å². The van der Waals surface area contributed by atoms with Gasteiger partial charge in [0.15, 0.2) is 5.17 Å². The van der Waals surface area contributed by atoms with Crippen molar-refractivity contribution < 1.29 is 28.9 Å². The summed E-state index contributed by atoms with van der Waals surface area (Å²) in [6.07, 6.45) is 4.64. The number of thioether (sulfide) groups is 1. The Labute approximate surface area is 232 Å². The lowest BCUT2D eigenvalue weighted by atomic mass is 9.99. The van der Waals surface area contributed by atoms with E-state index in [9.17, 15) is 24.2 Å². The van der Waals surface area contributed by atoms with Crippen molar-refractivity contribution in [3.05, 3.63) is 77.1 Å². The second-order valence-electron chi connectivity index (χ2n) is 9.73. The molecule has 2 aliphatic heterocycles. The van der Waals surface area contributed by atoms with Crippen LogP contribution in [0.2, 0.25) is 0 Å². The minimum absolute atomic E-state index is 0.166. The van der Waals surface area contributed by atoms with Gasteiger partial charge in [0.2, 0.25) is 0 Å². The number of fused-ring (bicyclic) bond motifs is 1. The van der Waals surface area contributed by atoms with Crippen molar-refractivity contribution in [2.75, 3.05) is 33.3 Å². The van der Waals surface area contributed by atoms with E-state index >= 15 is 0 Å². The van der Waals surface area contributed by atoms with Gasteiger partial charge in [0, 0.05) is 32.3 Å². The molecular formula is C29H34FN3O5S. The van der Waals surface area contributed by atoms with Crippen molar-refractivity contribution >= 4 is 28.9 Å². The number of carbonyl (C=O) groups is 2. The maximum atomic E-state index is 13.0. The molecular weight excluding hydrogens is 521 g/mol. The van der Waals surface area contributed by atoms with Crippen LogP contribution in [-0.2, 0) is 16.1 Å². The van der Waals surface area contributed by atoms with Crippen LogP contribution in [0, 0.1) is 5.82 Å². The van der Waals surface area contributed by atoms with Gasteiger partial charge in [-0.2, -0.15) is 0 Å². The Kier molecular flexibility index (Phi) is 10.00. The zero-order valence-corrected chi connectivity index (χ0v) is 22.8. The fraction of sp³-hybridized carbons (Fsp3) is 0.414. The standard InChI is InChI=1S/C29H34FN3O5S/c1-32(22-12-15-33(16-13-22)14-4-5-17-38-23-10-8-21(30)9-11-23)29-31-19-20-6-2-3-7-24(20)27(39-29)25(28(36)37)18-26(34)35/h2-3,6-11,18,22,27H,4-5,12-17,19H2,1H3,(H,34,35)(H,36,37)/b25-18+. The Morgan fingerprint density at radius 3 is 2.54 bits per heavy atom. The van der Waals surface area contributed by atoms with Crippen LogP contribution in [0.5, 0.6) is 5.75 Å². The Balaban J connectivity index is 1.31. The number of aliphatic imine (C=N–C) groups is 1. The predicted octanol–water partition coefficient (Wildman–Crippen LogP) is 4.82. The van der Waals surface area contributed by atoms with Crippen molar-refractivity contribution in [3.63, 3.8) is 0 Å². The molecule has 2 aromatic carbocycles. The fourth-order valence-electron chi connectivity index (χ4n) is 4.95. The number of aliphatic carboxylic acids is 2. The van der Waals surface area contributed by atoms with Gasteiger partial charge in [-0.15, -0.1) is 0 Å². The van der Waals surface area contributed by atoms with E-state index < -0.39 is 17.2 Å². The molecule has 0 radical (unpaired) electrons. The average Bonchev–Trinajstić information content (AvgIpc) is 3.12. The topological polar surface area (TPSA) is 103 Å². The zero-order valence-electron chi connectivity index (χ0n) is 22.0. The van der Waals surface area contributed by atoms with Crippen molar-refractivity contribution in [3.8, 4) is 5.75 Å². The SMILES string of the molecule is CN(C1=NCc2ccccc2C(/C(=C\C(=O)O)C(=O)O)S1)C1CCN(CCCCOc2ccc(F)cc2)CC1. The largest absolute Gasteiger partial charge is 0.494 e. The quantitative estimate of drug-likeness (QED) is 0.318. The fourth-order valence-corrected chi connectivity index (χ4v) is 6.26. The first kappa shape index (κ1) is 28.6. The molecule has 0 saturated carbocycles. The smallest absolute Gasteiger partial charge is 0.333 e.